The molecule has 0 aliphatic heterocycles. The molecule has 0 saturated heterocycles. The molecule has 0 aliphatic carbocycles. The molecule has 0 atom stereocenters. The number of carboxylic acid groups (broad SMARTS) is 2. The van der Waals surface area contributed by atoms with Gasteiger partial charge in [-0.3, -0.25) is 9.69 Å². The molecular formula is C27H31N3O6. The van der Waals surface area contributed by atoms with Crippen molar-refractivity contribution in [3.8, 4) is 5.75 Å². The Morgan fingerprint density at radius 1 is 1.06 bits per heavy atom. The van der Waals surface area contributed by atoms with Crippen molar-refractivity contribution in [2.75, 3.05) is 11.9 Å². The minimum Gasteiger partial charge on any atom is -0.489 e. The Morgan fingerprint density at radius 2 is 1.75 bits per heavy atom. The molecule has 0 unspecified atom stereocenters. The Bertz CT molecular complexity index is 1260. The number of rotatable bonds is 11. The van der Waals surface area contributed by atoms with Crippen molar-refractivity contribution in [2.45, 2.75) is 53.2 Å². The summed E-state index contributed by atoms with van der Waals surface area (Å²) in [4.78, 5) is 41.0. The second-order valence-corrected chi connectivity index (χ2v) is 8.60. The molecule has 0 fully saturated rings. The number of hydrogen-bond acceptors (Lipinski definition) is 5. The third-order valence-corrected chi connectivity index (χ3v) is 6.10. The third kappa shape index (κ3) is 5.91. The molecule has 0 saturated carbocycles. The lowest BCUT2D eigenvalue weighted by atomic mass is 10.0. The first-order valence-electron chi connectivity index (χ1n) is 11.7. The van der Waals surface area contributed by atoms with Crippen molar-refractivity contribution in [3.05, 3.63) is 76.2 Å². The monoisotopic (exact) mass is 493 g/mol. The lowest BCUT2D eigenvalue weighted by molar-refractivity contribution is -0.116. The predicted molar refractivity (Wildman–Crippen MR) is 135 cm³/mol. The summed E-state index contributed by atoms with van der Waals surface area (Å²) < 4.78 is 7.66. The van der Waals surface area contributed by atoms with Gasteiger partial charge in [-0.2, -0.15) is 0 Å². The van der Waals surface area contributed by atoms with E-state index in [0.29, 0.717) is 30.1 Å². The van der Waals surface area contributed by atoms with Crippen molar-refractivity contribution in [1.29, 1.82) is 0 Å². The fraction of sp³-hybridized carbons (Fsp3) is 0.333. The molecule has 1 amide bonds. The number of aromatic nitrogens is 2. The zero-order valence-electron chi connectivity index (χ0n) is 20.9. The van der Waals surface area contributed by atoms with E-state index in [0.717, 1.165) is 24.0 Å². The Balaban J connectivity index is 1.84. The zero-order valence-corrected chi connectivity index (χ0v) is 20.9. The first-order chi connectivity index (χ1) is 17.1. The van der Waals surface area contributed by atoms with Crippen LogP contribution < -0.4 is 9.64 Å². The van der Waals surface area contributed by atoms with E-state index in [2.05, 4.69) is 4.98 Å². The molecule has 1 heterocycles. The molecule has 190 valence electrons. The van der Waals surface area contributed by atoms with Crippen LogP contribution in [0, 0.1) is 6.92 Å². The van der Waals surface area contributed by atoms with Gasteiger partial charge < -0.3 is 19.5 Å². The van der Waals surface area contributed by atoms with Gasteiger partial charge in [-0.15, -0.1) is 0 Å². The number of hydrogen-bond donors (Lipinski definition) is 2. The molecule has 2 aromatic carbocycles. The largest absolute Gasteiger partial charge is 0.489 e. The summed E-state index contributed by atoms with van der Waals surface area (Å²) in [6.45, 7) is 5.76. The number of nitrogens with zero attached hydrogens (tertiary/aromatic N) is 3. The molecule has 3 aromatic rings. The zero-order chi connectivity index (χ0) is 26.4. The van der Waals surface area contributed by atoms with Crippen LogP contribution in [0.4, 0.5) is 5.82 Å². The molecular weight excluding hydrogens is 462 g/mol. The predicted octanol–water partition coefficient (Wildman–Crippen LogP) is 4.54. The van der Waals surface area contributed by atoms with E-state index in [9.17, 15) is 24.6 Å². The molecule has 9 nitrogen and oxygen atoms in total. The number of unbranched alkanes of at least 4 members (excludes halogenated alkanes) is 1. The minimum atomic E-state index is -1.18. The lowest BCUT2D eigenvalue weighted by Gasteiger charge is -2.20. The van der Waals surface area contributed by atoms with Gasteiger partial charge in [0.05, 0.1) is 12.1 Å². The smallest absolute Gasteiger partial charge is 0.358 e. The van der Waals surface area contributed by atoms with E-state index < -0.39 is 11.9 Å². The summed E-state index contributed by atoms with van der Waals surface area (Å²) in [6.07, 6.45) is 2.36. The normalized spacial score (nSPS) is 10.8. The number of aromatic carboxylic acids is 2. The van der Waals surface area contributed by atoms with Gasteiger partial charge in [0.2, 0.25) is 5.91 Å². The fourth-order valence-electron chi connectivity index (χ4n) is 3.92. The second kappa shape index (κ2) is 11.5. The highest BCUT2D eigenvalue weighted by Gasteiger charge is 2.26. The van der Waals surface area contributed by atoms with Crippen molar-refractivity contribution < 1.29 is 29.3 Å². The van der Waals surface area contributed by atoms with Gasteiger partial charge in [0, 0.05) is 20.4 Å². The fourth-order valence-corrected chi connectivity index (χ4v) is 3.92. The number of imidazole rings is 1. The molecule has 1 aromatic heterocycles. The van der Waals surface area contributed by atoms with Gasteiger partial charge >= 0.3 is 11.9 Å². The van der Waals surface area contributed by atoms with Crippen LogP contribution in [0.15, 0.2) is 42.5 Å². The first-order valence-corrected chi connectivity index (χ1v) is 11.7. The molecule has 0 radical (unpaired) electrons. The Kier molecular flexibility index (Phi) is 8.47. The SMILES string of the molecule is CCCCc1nc(C(=O)O)c(N(C)C(C)=O)n1Cc1ccc(OCc2cccc(C(=O)O)c2C)cc1. The van der Waals surface area contributed by atoms with Crippen LogP contribution in [-0.4, -0.2) is 44.7 Å². The van der Waals surface area contributed by atoms with E-state index >= 15 is 0 Å². The number of aryl methyl sites for hydroxylation is 1. The summed E-state index contributed by atoms with van der Waals surface area (Å²) in [5.74, 6) is -0.950. The Labute approximate surface area is 210 Å². The van der Waals surface area contributed by atoms with Crippen LogP contribution in [0.2, 0.25) is 0 Å². The summed E-state index contributed by atoms with van der Waals surface area (Å²) in [6, 6.07) is 12.4. The first kappa shape index (κ1) is 26.5. The van der Waals surface area contributed by atoms with E-state index in [-0.39, 0.29) is 29.6 Å². The third-order valence-electron chi connectivity index (χ3n) is 6.10. The van der Waals surface area contributed by atoms with E-state index in [1.54, 1.807) is 42.8 Å². The van der Waals surface area contributed by atoms with Gasteiger partial charge in [0.25, 0.3) is 0 Å². The average molecular weight is 494 g/mol. The van der Waals surface area contributed by atoms with Crippen LogP contribution in [0.25, 0.3) is 0 Å². The van der Waals surface area contributed by atoms with Gasteiger partial charge in [-0.05, 0) is 48.2 Å². The standard InChI is InChI=1S/C27H31N3O6/c1-5-6-10-23-28-24(27(34)35)25(29(4)18(3)31)30(23)15-19-11-13-21(14-12-19)36-16-20-8-7-9-22(17(20)2)26(32)33/h7-9,11-14H,5-6,10,15-16H2,1-4H3,(H,32,33)(H,34,35). The van der Waals surface area contributed by atoms with E-state index in [4.69, 9.17) is 4.74 Å². The number of carbonyl (C=O) groups excluding carboxylic acids is 1. The molecule has 9 heteroatoms. The maximum absolute atomic E-state index is 12.1. The number of carbonyl (C=O) groups is 3. The van der Waals surface area contributed by atoms with E-state index in [1.807, 2.05) is 25.1 Å². The van der Waals surface area contributed by atoms with Gasteiger partial charge in [-0.25, -0.2) is 14.6 Å². The van der Waals surface area contributed by atoms with Gasteiger partial charge in [0.1, 0.15) is 18.2 Å². The van der Waals surface area contributed by atoms with Gasteiger partial charge in [0.15, 0.2) is 11.5 Å². The number of benzene rings is 2. The quantitative estimate of drug-likeness (QED) is 0.402. The molecule has 3 rings (SSSR count). The number of anilines is 1. The van der Waals surface area contributed by atoms with Crippen LogP contribution >= 0.6 is 0 Å². The highest BCUT2D eigenvalue weighted by atomic mass is 16.5. The van der Waals surface area contributed by atoms with Crippen molar-refractivity contribution in [1.82, 2.24) is 9.55 Å². The van der Waals surface area contributed by atoms with Crippen molar-refractivity contribution >= 4 is 23.7 Å². The van der Waals surface area contributed by atoms with E-state index in [1.165, 1.54) is 11.8 Å². The maximum atomic E-state index is 12.1. The molecule has 0 bridgehead atoms. The van der Waals surface area contributed by atoms with Crippen LogP contribution in [0.1, 0.15) is 70.1 Å². The summed E-state index contributed by atoms with van der Waals surface area (Å²) in [5, 5.41) is 19.0. The topological polar surface area (TPSA) is 122 Å². The molecule has 0 aliphatic rings. The van der Waals surface area contributed by atoms with Crippen LogP contribution in [0.5, 0.6) is 5.75 Å². The average Bonchev–Trinajstić information content (AvgIpc) is 3.20. The molecule has 0 spiro atoms. The second-order valence-electron chi connectivity index (χ2n) is 8.60. The van der Waals surface area contributed by atoms with Gasteiger partial charge in [-0.1, -0.05) is 37.6 Å². The Morgan fingerprint density at radius 3 is 2.33 bits per heavy atom. The highest BCUT2D eigenvalue weighted by Crippen LogP contribution is 2.26. The lowest BCUT2D eigenvalue weighted by Crippen LogP contribution is -2.28. The Hall–Kier alpha value is -4.14. The van der Waals surface area contributed by atoms with Crippen molar-refractivity contribution in [3.63, 3.8) is 0 Å². The summed E-state index contributed by atoms with van der Waals surface area (Å²) in [7, 11) is 1.55. The number of ether oxygens (including phenoxy) is 1. The number of amides is 1. The van der Waals surface area contributed by atoms with Crippen molar-refractivity contribution in [2.24, 2.45) is 0 Å². The highest BCUT2D eigenvalue weighted by molar-refractivity contribution is 5.98. The molecule has 36 heavy (non-hydrogen) atoms. The summed E-state index contributed by atoms with van der Waals surface area (Å²) in [5.41, 5.74) is 2.45. The van der Waals surface area contributed by atoms with Crippen LogP contribution in [0.3, 0.4) is 0 Å². The maximum Gasteiger partial charge on any atom is 0.358 e. The minimum absolute atomic E-state index is 0.141. The molecule has 2 N–H and O–H groups in total. The summed E-state index contributed by atoms with van der Waals surface area (Å²) >= 11 is 0. The van der Waals surface area contributed by atoms with Crippen LogP contribution in [-0.2, 0) is 24.4 Å². The number of carboxylic acids is 2.